The minimum absolute atomic E-state index is 0.612. The summed E-state index contributed by atoms with van der Waals surface area (Å²) in [5.41, 5.74) is 2.53. The molecule has 0 fully saturated rings. The second kappa shape index (κ2) is 7.84. The number of hydrogen-bond acceptors (Lipinski definition) is 5. The van der Waals surface area contributed by atoms with Crippen molar-refractivity contribution >= 4 is 11.6 Å². The average molecular weight is 237 g/mol. The van der Waals surface area contributed by atoms with Crippen LogP contribution in [0.25, 0.3) is 0 Å². The summed E-state index contributed by atoms with van der Waals surface area (Å²) in [5, 5.41) is 0. The molecule has 1 aromatic rings. The molecule has 0 atom stereocenters. The molecule has 0 saturated carbocycles. The molecule has 5 nitrogen and oxygen atoms in total. The Morgan fingerprint density at radius 3 is 2.35 bits per heavy atom. The summed E-state index contributed by atoms with van der Waals surface area (Å²) >= 11 is 0. The highest BCUT2D eigenvalue weighted by molar-refractivity contribution is 5.43. The highest BCUT2D eigenvalue weighted by Gasteiger charge is 2.07. The Morgan fingerprint density at radius 1 is 1.18 bits per heavy atom. The molecule has 0 aliphatic rings. The summed E-state index contributed by atoms with van der Waals surface area (Å²) < 4.78 is 0. The number of rotatable bonds is 8. The lowest BCUT2D eigenvalue weighted by Gasteiger charge is -2.23. The molecule has 0 amide bonds. The van der Waals surface area contributed by atoms with Crippen LogP contribution in [0.1, 0.15) is 39.5 Å². The number of hydrazine groups is 1. The van der Waals surface area contributed by atoms with E-state index in [0.29, 0.717) is 5.82 Å². The van der Waals surface area contributed by atoms with Crippen LogP contribution in [0.15, 0.2) is 12.4 Å². The van der Waals surface area contributed by atoms with Crippen molar-refractivity contribution in [2.45, 2.75) is 39.5 Å². The molecule has 0 radical (unpaired) electrons. The van der Waals surface area contributed by atoms with Gasteiger partial charge in [-0.05, 0) is 12.8 Å². The highest BCUT2D eigenvalue weighted by Crippen LogP contribution is 2.13. The fourth-order valence-electron chi connectivity index (χ4n) is 1.62. The highest BCUT2D eigenvalue weighted by atomic mass is 15.3. The van der Waals surface area contributed by atoms with Gasteiger partial charge in [0.05, 0.1) is 12.4 Å². The van der Waals surface area contributed by atoms with Crippen LogP contribution < -0.4 is 16.2 Å². The van der Waals surface area contributed by atoms with Crippen molar-refractivity contribution in [2.24, 2.45) is 5.84 Å². The number of nitrogens with two attached hydrogens (primary N) is 1. The Balaban J connectivity index is 2.71. The van der Waals surface area contributed by atoms with Crippen molar-refractivity contribution in [1.82, 2.24) is 9.97 Å². The molecule has 1 aromatic heterocycles. The summed E-state index contributed by atoms with van der Waals surface area (Å²) in [6.45, 7) is 6.45. The zero-order chi connectivity index (χ0) is 12.5. The summed E-state index contributed by atoms with van der Waals surface area (Å²) in [6.07, 6.45) is 8.14. The Kier molecular flexibility index (Phi) is 6.32. The topological polar surface area (TPSA) is 67.1 Å². The minimum Gasteiger partial charge on any atom is -0.355 e. The number of hydrogen-bond donors (Lipinski definition) is 2. The van der Waals surface area contributed by atoms with Crippen molar-refractivity contribution in [2.75, 3.05) is 23.4 Å². The van der Waals surface area contributed by atoms with Gasteiger partial charge in [-0.1, -0.05) is 26.7 Å². The first-order valence-electron chi connectivity index (χ1n) is 6.35. The molecule has 1 rings (SSSR count). The van der Waals surface area contributed by atoms with E-state index in [1.54, 1.807) is 12.4 Å². The first-order valence-corrected chi connectivity index (χ1v) is 6.35. The summed E-state index contributed by atoms with van der Waals surface area (Å²) in [5.74, 6) is 6.86. The van der Waals surface area contributed by atoms with Crippen LogP contribution in [0.2, 0.25) is 0 Å². The van der Waals surface area contributed by atoms with Crippen molar-refractivity contribution in [3.8, 4) is 0 Å². The Hall–Kier alpha value is -1.36. The van der Waals surface area contributed by atoms with Crippen molar-refractivity contribution in [3.63, 3.8) is 0 Å². The van der Waals surface area contributed by atoms with Crippen LogP contribution in [0.4, 0.5) is 11.6 Å². The van der Waals surface area contributed by atoms with E-state index < -0.39 is 0 Å². The summed E-state index contributed by atoms with van der Waals surface area (Å²) in [7, 11) is 0. The predicted octanol–water partition coefficient (Wildman–Crippen LogP) is 2.17. The smallest absolute Gasteiger partial charge is 0.160 e. The summed E-state index contributed by atoms with van der Waals surface area (Å²) in [6, 6.07) is 0. The second-order valence-electron chi connectivity index (χ2n) is 4.10. The maximum atomic E-state index is 5.35. The zero-order valence-corrected chi connectivity index (χ0v) is 10.8. The van der Waals surface area contributed by atoms with Crippen molar-refractivity contribution < 1.29 is 0 Å². The van der Waals surface area contributed by atoms with E-state index in [0.717, 1.165) is 18.9 Å². The number of nitrogen functional groups attached to an aromatic ring is 1. The monoisotopic (exact) mass is 237 g/mol. The molecule has 1 heterocycles. The lowest BCUT2D eigenvalue weighted by molar-refractivity contribution is 0.670. The van der Waals surface area contributed by atoms with Gasteiger partial charge < -0.3 is 10.3 Å². The number of aromatic nitrogens is 2. The van der Waals surface area contributed by atoms with Crippen LogP contribution >= 0.6 is 0 Å². The third-order valence-corrected chi connectivity index (χ3v) is 2.66. The molecule has 0 saturated heterocycles. The average Bonchev–Trinajstić information content (AvgIpc) is 2.39. The van der Waals surface area contributed by atoms with E-state index in [4.69, 9.17) is 5.84 Å². The van der Waals surface area contributed by atoms with Gasteiger partial charge in [0, 0.05) is 13.1 Å². The Bertz CT molecular complexity index is 308. The van der Waals surface area contributed by atoms with E-state index in [1.807, 2.05) is 0 Å². The van der Waals surface area contributed by atoms with Gasteiger partial charge in [0.2, 0.25) is 0 Å². The third kappa shape index (κ3) is 4.56. The van der Waals surface area contributed by atoms with Gasteiger partial charge in [-0.25, -0.2) is 10.8 Å². The molecule has 0 unspecified atom stereocenters. The van der Waals surface area contributed by atoms with E-state index in [2.05, 4.69) is 34.1 Å². The normalized spacial score (nSPS) is 10.3. The van der Waals surface area contributed by atoms with Crippen LogP contribution in [-0.2, 0) is 0 Å². The quantitative estimate of drug-likeness (QED) is 0.536. The molecule has 0 aliphatic heterocycles. The molecule has 0 spiro atoms. The van der Waals surface area contributed by atoms with Crippen molar-refractivity contribution in [1.29, 1.82) is 0 Å². The number of nitrogens with one attached hydrogen (secondary N) is 1. The number of nitrogens with zero attached hydrogens (tertiary/aromatic N) is 3. The lowest BCUT2D eigenvalue weighted by Crippen LogP contribution is -2.27. The summed E-state index contributed by atoms with van der Waals surface area (Å²) in [4.78, 5) is 10.8. The van der Waals surface area contributed by atoms with Crippen LogP contribution in [0, 0.1) is 0 Å². The molecule has 0 aromatic carbocycles. The Morgan fingerprint density at radius 2 is 1.82 bits per heavy atom. The van der Waals surface area contributed by atoms with Gasteiger partial charge in [0.1, 0.15) is 5.82 Å². The van der Waals surface area contributed by atoms with Gasteiger partial charge >= 0.3 is 0 Å². The number of unbranched alkanes of at least 4 members (excludes halogenated alkanes) is 2. The maximum Gasteiger partial charge on any atom is 0.160 e. The van der Waals surface area contributed by atoms with Gasteiger partial charge in [-0.15, -0.1) is 0 Å². The van der Waals surface area contributed by atoms with Crippen LogP contribution in [-0.4, -0.2) is 23.1 Å². The molecule has 96 valence electrons. The fourth-order valence-corrected chi connectivity index (χ4v) is 1.62. The van der Waals surface area contributed by atoms with E-state index in [-0.39, 0.29) is 0 Å². The molecular formula is C12H23N5. The molecule has 5 heteroatoms. The molecule has 17 heavy (non-hydrogen) atoms. The van der Waals surface area contributed by atoms with Gasteiger partial charge in [-0.2, -0.15) is 0 Å². The number of anilines is 2. The van der Waals surface area contributed by atoms with Crippen LogP contribution in [0.5, 0.6) is 0 Å². The van der Waals surface area contributed by atoms with Crippen LogP contribution in [0.3, 0.4) is 0 Å². The fraction of sp³-hybridized carbons (Fsp3) is 0.667. The van der Waals surface area contributed by atoms with Gasteiger partial charge in [-0.3, -0.25) is 4.98 Å². The van der Waals surface area contributed by atoms with E-state index >= 15 is 0 Å². The zero-order valence-electron chi connectivity index (χ0n) is 10.8. The molecule has 0 aliphatic carbocycles. The molecule has 3 N–H and O–H groups in total. The second-order valence-corrected chi connectivity index (χ2v) is 4.10. The lowest BCUT2D eigenvalue weighted by atomic mass is 10.2. The SMILES string of the molecule is CCCCN(CCCC)c1cncc(NN)n1. The minimum atomic E-state index is 0.612. The largest absolute Gasteiger partial charge is 0.355 e. The third-order valence-electron chi connectivity index (χ3n) is 2.66. The van der Waals surface area contributed by atoms with Gasteiger partial charge in [0.15, 0.2) is 5.82 Å². The standard InChI is InChI=1S/C12H23N5/c1-3-5-7-17(8-6-4-2)12-10-14-9-11(15-12)16-13/h9-10H,3-8,13H2,1-2H3,(H,15,16). The first-order chi connectivity index (χ1) is 8.31. The van der Waals surface area contributed by atoms with E-state index in [9.17, 15) is 0 Å². The van der Waals surface area contributed by atoms with Crippen molar-refractivity contribution in [3.05, 3.63) is 12.4 Å². The predicted molar refractivity (Wildman–Crippen MR) is 71.9 cm³/mol. The Labute approximate surface area is 103 Å². The van der Waals surface area contributed by atoms with Gasteiger partial charge in [0.25, 0.3) is 0 Å². The molecular weight excluding hydrogens is 214 g/mol. The first kappa shape index (κ1) is 13.7. The maximum absolute atomic E-state index is 5.35. The van der Waals surface area contributed by atoms with E-state index in [1.165, 1.54) is 25.7 Å². The molecule has 0 bridgehead atoms.